The van der Waals surface area contributed by atoms with E-state index in [-0.39, 0.29) is 12.4 Å². The fourth-order valence-electron chi connectivity index (χ4n) is 1.70. The summed E-state index contributed by atoms with van der Waals surface area (Å²) in [5, 5.41) is 0.933. The second-order valence-electron chi connectivity index (χ2n) is 3.84. The van der Waals surface area contributed by atoms with E-state index in [2.05, 4.69) is 4.98 Å². The Kier molecular flexibility index (Phi) is 3.46. The van der Waals surface area contributed by atoms with Gasteiger partial charge in [-0.15, -0.1) is 0 Å². The molecule has 2 rings (SSSR count). The number of nitrogens with two attached hydrogens (primary N) is 1. The van der Waals surface area contributed by atoms with Crippen LogP contribution in [0.1, 0.15) is 10.4 Å². The monoisotopic (exact) mass is 230 g/mol. The molecule has 88 valence electrons. The van der Waals surface area contributed by atoms with Crippen LogP contribution in [0.4, 0.5) is 0 Å². The Morgan fingerprint density at radius 1 is 1.47 bits per heavy atom. The summed E-state index contributed by atoms with van der Waals surface area (Å²) in [6.45, 7) is 0.226. The number of fused-ring (bicyclic) bond motifs is 1. The lowest BCUT2D eigenvalue weighted by atomic mass is 10.0. The normalized spacial score (nSPS) is 12.6. The second kappa shape index (κ2) is 5.03. The number of hydrogen-bond donors (Lipinski definition) is 1. The zero-order valence-electron chi connectivity index (χ0n) is 9.59. The van der Waals surface area contributed by atoms with Crippen molar-refractivity contribution in [3.8, 4) is 0 Å². The second-order valence-corrected chi connectivity index (χ2v) is 3.84. The van der Waals surface area contributed by atoms with Crippen molar-refractivity contribution in [2.24, 2.45) is 5.73 Å². The number of ketones is 1. The number of carbonyl (C=O) groups is 1. The lowest BCUT2D eigenvalue weighted by Gasteiger charge is -2.09. The molecule has 0 radical (unpaired) electrons. The van der Waals surface area contributed by atoms with E-state index >= 15 is 0 Å². The quantitative estimate of drug-likeness (QED) is 0.806. The number of carbonyl (C=O) groups excluding carboxylic acids is 1. The van der Waals surface area contributed by atoms with E-state index in [0.29, 0.717) is 5.56 Å². The average molecular weight is 230 g/mol. The van der Waals surface area contributed by atoms with Crippen LogP contribution in [0.3, 0.4) is 0 Å². The number of pyridine rings is 1. The highest BCUT2D eigenvalue weighted by molar-refractivity contribution is 6.02. The third-order valence-corrected chi connectivity index (χ3v) is 2.57. The van der Waals surface area contributed by atoms with Gasteiger partial charge < -0.3 is 10.5 Å². The molecule has 2 aromatic rings. The number of ether oxygens (including phenoxy) is 1. The Morgan fingerprint density at radius 3 is 3.06 bits per heavy atom. The van der Waals surface area contributed by atoms with E-state index in [1.165, 1.54) is 7.11 Å². The van der Waals surface area contributed by atoms with E-state index in [9.17, 15) is 4.79 Å². The maximum absolute atomic E-state index is 12.0. The molecule has 1 atom stereocenters. The first-order chi connectivity index (χ1) is 8.22. The molecule has 1 heterocycles. The fourth-order valence-corrected chi connectivity index (χ4v) is 1.70. The molecule has 4 heteroatoms. The molecule has 0 aliphatic rings. The van der Waals surface area contributed by atoms with Gasteiger partial charge in [-0.2, -0.15) is 0 Å². The molecule has 4 nitrogen and oxygen atoms in total. The van der Waals surface area contributed by atoms with Gasteiger partial charge in [0, 0.05) is 24.3 Å². The maximum atomic E-state index is 12.0. The summed E-state index contributed by atoms with van der Waals surface area (Å²) in [7, 11) is 1.53. The standard InChI is InChI=1S/C13H14N2O2/c1-17-8-11(14)13(16)10-4-5-12-9(7-10)3-2-6-15-12/h2-7,11H,8,14H2,1H3. The Hall–Kier alpha value is -1.78. The number of aromatic nitrogens is 1. The molecule has 2 N–H and O–H groups in total. The van der Waals surface area contributed by atoms with Gasteiger partial charge >= 0.3 is 0 Å². The predicted octanol–water partition coefficient (Wildman–Crippen LogP) is 1.39. The zero-order valence-corrected chi connectivity index (χ0v) is 9.59. The van der Waals surface area contributed by atoms with Gasteiger partial charge in [0.2, 0.25) is 0 Å². The number of rotatable bonds is 4. The van der Waals surface area contributed by atoms with Crippen LogP contribution in [-0.2, 0) is 4.74 Å². The van der Waals surface area contributed by atoms with Crippen molar-refractivity contribution in [1.82, 2.24) is 4.98 Å². The van der Waals surface area contributed by atoms with Crippen LogP contribution in [0.15, 0.2) is 36.5 Å². The van der Waals surface area contributed by atoms with E-state index < -0.39 is 6.04 Å². The van der Waals surface area contributed by atoms with Crippen molar-refractivity contribution < 1.29 is 9.53 Å². The number of methoxy groups -OCH3 is 1. The zero-order chi connectivity index (χ0) is 12.3. The van der Waals surface area contributed by atoms with Crippen LogP contribution in [0.5, 0.6) is 0 Å². The van der Waals surface area contributed by atoms with Gasteiger partial charge in [-0.25, -0.2) is 0 Å². The first-order valence-corrected chi connectivity index (χ1v) is 5.36. The molecule has 1 unspecified atom stereocenters. The minimum Gasteiger partial charge on any atom is -0.383 e. The van der Waals surface area contributed by atoms with Crippen LogP contribution in [0, 0.1) is 0 Å². The van der Waals surface area contributed by atoms with E-state index in [4.69, 9.17) is 10.5 Å². The Balaban J connectivity index is 2.33. The third kappa shape index (κ3) is 2.49. The predicted molar refractivity (Wildman–Crippen MR) is 65.9 cm³/mol. The highest BCUT2D eigenvalue weighted by Gasteiger charge is 2.15. The van der Waals surface area contributed by atoms with E-state index in [1.807, 2.05) is 18.2 Å². The molecule has 0 bridgehead atoms. The van der Waals surface area contributed by atoms with Crippen LogP contribution < -0.4 is 5.73 Å². The maximum Gasteiger partial charge on any atom is 0.181 e. The average Bonchev–Trinajstić information content (AvgIpc) is 2.37. The SMILES string of the molecule is COCC(N)C(=O)c1ccc2ncccc2c1. The van der Waals surface area contributed by atoms with Crippen LogP contribution >= 0.6 is 0 Å². The van der Waals surface area contributed by atoms with Crippen LogP contribution in [0.2, 0.25) is 0 Å². The summed E-state index contributed by atoms with van der Waals surface area (Å²) >= 11 is 0. The molecule has 0 spiro atoms. The Morgan fingerprint density at radius 2 is 2.29 bits per heavy atom. The smallest absolute Gasteiger partial charge is 0.181 e. The molecule has 0 aliphatic carbocycles. The fraction of sp³-hybridized carbons (Fsp3) is 0.231. The van der Waals surface area contributed by atoms with Crippen molar-refractivity contribution in [2.45, 2.75) is 6.04 Å². The van der Waals surface area contributed by atoms with Crippen molar-refractivity contribution in [2.75, 3.05) is 13.7 Å². The van der Waals surface area contributed by atoms with Gasteiger partial charge in [0.15, 0.2) is 5.78 Å². The minimum atomic E-state index is -0.617. The van der Waals surface area contributed by atoms with Gasteiger partial charge in [0.25, 0.3) is 0 Å². The highest BCUT2D eigenvalue weighted by Crippen LogP contribution is 2.14. The number of Topliss-reactive ketones (excluding diaryl/α,β-unsaturated/α-hetero) is 1. The summed E-state index contributed by atoms with van der Waals surface area (Å²) < 4.78 is 4.88. The molecule has 0 amide bonds. The molecular formula is C13H14N2O2. The Labute approximate surface area is 99.4 Å². The molecule has 0 saturated heterocycles. The van der Waals surface area contributed by atoms with Crippen molar-refractivity contribution in [1.29, 1.82) is 0 Å². The van der Waals surface area contributed by atoms with Gasteiger partial charge in [-0.05, 0) is 24.3 Å². The number of hydrogen-bond acceptors (Lipinski definition) is 4. The summed E-state index contributed by atoms with van der Waals surface area (Å²) in [5.41, 5.74) is 7.17. The van der Waals surface area contributed by atoms with E-state index in [0.717, 1.165) is 10.9 Å². The van der Waals surface area contributed by atoms with Crippen LogP contribution in [-0.4, -0.2) is 30.5 Å². The number of nitrogens with zero attached hydrogens (tertiary/aromatic N) is 1. The molecule has 0 fully saturated rings. The Bertz CT molecular complexity index is 540. The molecule has 1 aromatic heterocycles. The van der Waals surface area contributed by atoms with Gasteiger partial charge in [0.05, 0.1) is 18.2 Å². The minimum absolute atomic E-state index is 0.113. The summed E-state index contributed by atoms with van der Waals surface area (Å²) in [5.74, 6) is -0.113. The molecular weight excluding hydrogens is 216 g/mol. The molecule has 17 heavy (non-hydrogen) atoms. The summed E-state index contributed by atoms with van der Waals surface area (Å²) in [6.07, 6.45) is 1.72. The van der Waals surface area contributed by atoms with Gasteiger partial charge in [-0.1, -0.05) is 6.07 Å². The van der Waals surface area contributed by atoms with Crippen molar-refractivity contribution >= 4 is 16.7 Å². The first kappa shape index (κ1) is 11.7. The summed E-state index contributed by atoms with van der Waals surface area (Å²) in [6, 6.07) is 8.51. The van der Waals surface area contributed by atoms with Crippen molar-refractivity contribution in [3.63, 3.8) is 0 Å². The highest BCUT2D eigenvalue weighted by atomic mass is 16.5. The van der Waals surface area contributed by atoms with E-state index in [1.54, 1.807) is 18.3 Å². The number of benzene rings is 1. The lowest BCUT2D eigenvalue weighted by Crippen LogP contribution is -2.34. The van der Waals surface area contributed by atoms with Gasteiger partial charge in [-0.3, -0.25) is 9.78 Å². The first-order valence-electron chi connectivity index (χ1n) is 5.36. The molecule has 0 saturated carbocycles. The lowest BCUT2D eigenvalue weighted by molar-refractivity contribution is 0.0892. The van der Waals surface area contributed by atoms with Crippen LogP contribution in [0.25, 0.3) is 10.9 Å². The molecule has 0 aliphatic heterocycles. The molecule has 1 aromatic carbocycles. The largest absolute Gasteiger partial charge is 0.383 e. The van der Waals surface area contributed by atoms with Gasteiger partial charge in [0.1, 0.15) is 0 Å². The third-order valence-electron chi connectivity index (χ3n) is 2.57. The van der Waals surface area contributed by atoms with Crippen molar-refractivity contribution in [3.05, 3.63) is 42.1 Å². The summed E-state index contributed by atoms with van der Waals surface area (Å²) in [4.78, 5) is 16.1. The topological polar surface area (TPSA) is 65.2 Å².